The summed E-state index contributed by atoms with van der Waals surface area (Å²) in [5.74, 6) is -1.96. The third kappa shape index (κ3) is 3.48. The number of ketones is 1. The molecule has 2 amide bonds. The van der Waals surface area contributed by atoms with Crippen molar-refractivity contribution in [1.82, 2.24) is 9.88 Å². The van der Waals surface area contributed by atoms with Crippen molar-refractivity contribution >= 4 is 34.5 Å². The molecule has 2 aliphatic rings. The molecular weight excluding hydrogens is 372 g/mol. The number of likely N-dealkylation sites (tertiary alicyclic amines) is 1. The van der Waals surface area contributed by atoms with Crippen LogP contribution in [-0.2, 0) is 19.1 Å². The number of fused-ring (bicyclic) bond motifs is 2. The molecule has 2 aromatic rings. The van der Waals surface area contributed by atoms with Crippen molar-refractivity contribution < 1.29 is 23.9 Å². The summed E-state index contributed by atoms with van der Waals surface area (Å²) in [6.07, 6.45) is 4.85. The number of esters is 1. The topological polar surface area (TPSA) is 96.5 Å². The number of allylic oxidation sites excluding steroid dienone is 2. The highest BCUT2D eigenvalue weighted by Gasteiger charge is 2.46. The van der Waals surface area contributed by atoms with Gasteiger partial charge in [-0.2, -0.15) is 0 Å². The molecule has 1 aliphatic carbocycles. The van der Waals surface area contributed by atoms with Gasteiger partial charge in [0.2, 0.25) is 17.6 Å². The number of rotatable bonds is 6. The second-order valence-electron chi connectivity index (χ2n) is 7.49. The van der Waals surface area contributed by atoms with Crippen LogP contribution in [0, 0.1) is 18.8 Å². The summed E-state index contributed by atoms with van der Waals surface area (Å²) in [7, 11) is 0. The van der Waals surface area contributed by atoms with Crippen LogP contribution >= 0.6 is 0 Å². The molecule has 0 radical (unpaired) electrons. The van der Waals surface area contributed by atoms with Gasteiger partial charge in [0.25, 0.3) is 0 Å². The SMILES string of the molecule is Cc1[nH]c2ccccc2c1C(=O)COC(=O)CCN1C(=O)[C@H]2CC=CC[C@H]2C1=O. The number of amides is 2. The van der Waals surface area contributed by atoms with Gasteiger partial charge >= 0.3 is 5.97 Å². The van der Waals surface area contributed by atoms with Crippen LogP contribution < -0.4 is 0 Å². The summed E-state index contributed by atoms with van der Waals surface area (Å²) in [4.78, 5) is 53.8. The minimum Gasteiger partial charge on any atom is -0.457 e. The van der Waals surface area contributed by atoms with Crippen LogP contribution in [0.2, 0.25) is 0 Å². The Kier molecular flexibility index (Phi) is 5.05. The first-order valence-electron chi connectivity index (χ1n) is 9.73. The van der Waals surface area contributed by atoms with Crippen molar-refractivity contribution in [3.63, 3.8) is 0 Å². The number of aromatic nitrogens is 1. The molecule has 1 aromatic carbocycles. The summed E-state index contributed by atoms with van der Waals surface area (Å²) < 4.78 is 5.12. The monoisotopic (exact) mass is 394 g/mol. The van der Waals surface area contributed by atoms with Crippen LogP contribution in [-0.4, -0.2) is 46.6 Å². The van der Waals surface area contributed by atoms with Crippen LogP contribution in [0.15, 0.2) is 36.4 Å². The highest BCUT2D eigenvalue weighted by molar-refractivity contribution is 6.10. The highest BCUT2D eigenvalue weighted by atomic mass is 16.5. The molecule has 0 bridgehead atoms. The van der Waals surface area contributed by atoms with Gasteiger partial charge < -0.3 is 9.72 Å². The van der Waals surface area contributed by atoms with E-state index in [1.165, 1.54) is 0 Å². The van der Waals surface area contributed by atoms with Crippen molar-refractivity contribution in [3.05, 3.63) is 47.7 Å². The fourth-order valence-electron chi connectivity index (χ4n) is 4.22. The Balaban J connectivity index is 1.32. The predicted molar refractivity (Wildman–Crippen MR) is 105 cm³/mol. The van der Waals surface area contributed by atoms with E-state index in [0.29, 0.717) is 18.4 Å². The average Bonchev–Trinajstić information content (AvgIpc) is 3.18. The van der Waals surface area contributed by atoms with E-state index in [2.05, 4.69) is 4.98 Å². The predicted octanol–water partition coefficient (Wildman–Crippen LogP) is 2.54. The number of Topliss-reactive ketones (excluding diaryl/α,β-unsaturated/α-hetero) is 1. The number of imide groups is 1. The van der Waals surface area contributed by atoms with E-state index in [4.69, 9.17) is 4.74 Å². The maximum absolute atomic E-state index is 12.6. The molecule has 2 atom stereocenters. The number of hydrogen-bond donors (Lipinski definition) is 1. The Hall–Kier alpha value is -3.22. The van der Waals surface area contributed by atoms with Crippen molar-refractivity contribution in [1.29, 1.82) is 0 Å². The van der Waals surface area contributed by atoms with Gasteiger partial charge in [-0.1, -0.05) is 30.4 Å². The molecular formula is C22H22N2O5. The van der Waals surface area contributed by atoms with Gasteiger partial charge in [0.15, 0.2) is 6.61 Å². The Labute approximate surface area is 167 Å². The maximum Gasteiger partial charge on any atom is 0.308 e. The molecule has 0 unspecified atom stereocenters. The van der Waals surface area contributed by atoms with Crippen LogP contribution in [0.4, 0.5) is 0 Å². The first-order valence-corrected chi connectivity index (χ1v) is 9.73. The Morgan fingerprint density at radius 1 is 1.10 bits per heavy atom. The number of carbonyl (C=O) groups is 4. The Morgan fingerprint density at radius 3 is 2.45 bits per heavy atom. The fraction of sp³-hybridized carbons (Fsp3) is 0.364. The number of benzene rings is 1. The van der Waals surface area contributed by atoms with E-state index >= 15 is 0 Å². The molecule has 1 saturated heterocycles. The lowest BCUT2D eigenvalue weighted by Crippen LogP contribution is -2.33. The standard InChI is InChI=1S/C22H22N2O5/c1-13-20(16-8-4-5-9-17(16)23-13)18(25)12-29-19(26)10-11-24-21(27)14-6-2-3-7-15(14)22(24)28/h2-5,8-9,14-15,23H,6-7,10-12H2,1H3/t14-,15+. The van der Waals surface area contributed by atoms with E-state index in [1.54, 1.807) is 6.92 Å². The highest BCUT2D eigenvalue weighted by Crippen LogP contribution is 2.35. The second kappa shape index (κ2) is 7.66. The molecule has 29 heavy (non-hydrogen) atoms. The smallest absolute Gasteiger partial charge is 0.308 e. The van der Waals surface area contributed by atoms with Crippen molar-refractivity contribution in [2.45, 2.75) is 26.2 Å². The minimum absolute atomic E-state index is 0.0101. The van der Waals surface area contributed by atoms with E-state index in [1.807, 2.05) is 36.4 Å². The van der Waals surface area contributed by atoms with Gasteiger partial charge in [0.1, 0.15) is 0 Å². The number of aromatic amines is 1. The fourth-order valence-corrected chi connectivity index (χ4v) is 4.22. The molecule has 1 N–H and O–H groups in total. The first-order chi connectivity index (χ1) is 14.0. The quantitative estimate of drug-likeness (QED) is 0.352. The number of nitrogens with zero attached hydrogens (tertiary/aromatic N) is 1. The molecule has 0 saturated carbocycles. The van der Waals surface area contributed by atoms with Gasteiger partial charge in [-0.05, 0) is 25.8 Å². The first kappa shape index (κ1) is 19.1. The number of hydrogen-bond acceptors (Lipinski definition) is 5. The lowest BCUT2D eigenvalue weighted by Gasteiger charge is -2.14. The van der Waals surface area contributed by atoms with Gasteiger partial charge in [0.05, 0.1) is 18.3 Å². The summed E-state index contributed by atoms with van der Waals surface area (Å²) in [5, 5.41) is 0.788. The Bertz CT molecular complexity index is 1010. The number of nitrogens with one attached hydrogen (secondary N) is 1. The molecule has 1 aliphatic heterocycles. The molecule has 150 valence electrons. The Morgan fingerprint density at radius 2 is 1.76 bits per heavy atom. The lowest BCUT2D eigenvalue weighted by molar-refractivity contribution is -0.145. The summed E-state index contributed by atoms with van der Waals surface area (Å²) in [5.41, 5.74) is 2.08. The van der Waals surface area contributed by atoms with Crippen molar-refractivity contribution in [2.75, 3.05) is 13.2 Å². The van der Waals surface area contributed by atoms with Crippen LogP contribution in [0.3, 0.4) is 0 Å². The van der Waals surface area contributed by atoms with E-state index in [9.17, 15) is 19.2 Å². The second-order valence-corrected chi connectivity index (χ2v) is 7.49. The van der Waals surface area contributed by atoms with Crippen molar-refractivity contribution in [3.8, 4) is 0 Å². The molecule has 2 heterocycles. The van der Waals surface area contributed by atoms with Gasteiger partial charge in [-0.25, -0.2) is 0 Å². The summed E-state index contributed by atoms with van der Waals surface area (Å²) in [6, 6.07) is 7.43. The van der Waals surface area contributed by atoms with Crippen LogP contribution in [0.1, 0.15) is 35.3 Å². The van der Waals surface area contributed by atoms with E-state index in [-0.39, 0.29) is 49.0 Å². The maximum atomic E-state index is 12.6. The average molecular weight is 394 g/mol. The minimum atomic E-state index is -0.607. The third-order valence-electron chi connectivity index (χ3n) is 5.68. The van der Waals surface area contributed by atoms with Crippen LogP contribution in [0.25, 0.3) is 10.9 Å². The number of para-hydroxylation sites is 1. The number of carbonyl (C=O) groups excluding carboxylic acids is 4. The zero-order valence-electron chi connectivity index (χ0n) is 16.1. The largest absolute Gasteiger partial charge is 0.457 e. The number of H-pyrrole nitrogens is 1. The third-order valence-corrected chi connectivity index (χ3v) is 5.68. The summed E-state index contributed by atoms with van der Waals surface area (Å²) in [6.45, 7) is 1.41. The molecule has 4 rings (SSSR count). The molecule has 1 fully saturated rings. The number of ether oxygens (including phenoxy) is 1. The molecule has 1 aromatic heterocycles. The molecule has 7 nitrogen and oxygen atoms in total. The lowest BCUT2D eigenvalue weighted by atomic mass is 9.85. The zero-order valence-corrected chi connectivity index (χ0v) is 16.1. The molecule has 7 heteroatoms. The van der Waals surface area contributed by atoms with Crippen LogP contribution in [0.5, 0.6) is 0 Å². The van der Waals surface area contributed by atoms with E-state index in [0.717, 1.165) is 21.5 Å². The van der Waals surface area contributed by atoms with Gasteiger partial charge in [-0.3, -0.25) is 24.1 Å². The van der Waals surface area contributed by atoms with E-state index < -0.39 is 5.97 Å². The van der Waals surface area contributed by atoms with Gasteiger partial charge in [0, 0.05) is 28.7 Å². The number of aryl methyl sites for hydroxylation is 1. The summed E-state index contributed by atoms with van der Waals surface area (Å²) >= 11 is 0. The van der Waals surface area contributed by atoms with Gasteiger partial charge in [-0.15, -0.1) is 0 Å². The van der Waals surface area contributed by atoms with Crippen molar-refractivity contribution in [2.24, 2.45) is 11.8 Å². The zero-order chi connectivity index (χ0) is 20.5. The normalized spacial score (nSPS) is 20.9. The molecule has 0 spiro atoms.